The van der Waals surface area contributed by atoms with Gasteiger partial charge in [-0.25, -0.2) is 4.79 Å². The van der Waals surface area contributed by atoms with E-state index in [1.807, 2.05) is 0 Å². The van der Waals surface area contributed by atoms with Crippen LogP contribution in [0.15, 0.2) is 42.5 Å². The standard InChI is InChI=1S/C22H21N3O7/c1-12-17(10-14-9-16(30-3)6-7-18(14)23-12)22(27)32-13(2)21(26)24-19-11-15(25(28)29)5-8-20(19)31-4/h5-11,13H,1-4H3,(H,24,26). The molecule has 1 unspecified atom stereocenters. The van der Waals surface area contributed by atoms with Gasteiger partial charge in [-0.05, 0) is 44.2 Å². The molecule has 1 atom stereocenters. The number of anilines is 1. The topological polar surface area (TPSA) is 130 Å². The summed E-state index contributed by atoms with van der Waals surface area (Å²) in [6.45, 7) is 3.06. The molecule has 0 fully saturated rings. The highest BCUT2D eigenvalue weighted by atomic mass is 16.6. The zero-order valence-electron chi connectivity index (χ0n) is 17.9. The van der Waals surface area contributed by atoms with Crippen molar-refractivity contribution >= 4 is 34.2 Å². The minimum absolute atomic E-state index is 0.0882. The Morgan fingerprint density at radius 1 is 1.09 bits per heavy atom. The minimum Gasteiger partial charge on any atom is -0.497 e. The highest BCUT2D eigenvalue weighted by Gasteiger charge is 2.23. The molecule has 0 saturated heterocycles. The first-order valence-corrected chi connectivity index (χ1v) is 9.53. The Balaban J connectivity index is 1.78. The summed E-state index contributed by atoms with van der Waals surface area (Å²) in [5.74, 6) is -0.564. The van der Waals surface area contributed by atoms with E-state index in [4.69, 9.17) is 14.2 Å². The Kier molecular flexibility index (Phi) is 6.53. The SMILES string of the molecule is COc1ccc2nc(C)c(C(=O)OC(C)C(=O)Nc3cc([N+](=O)[O-])ccc3OC)cc2c1. The second kappa shape index (κ2) is 9.29. The van der Waals surface area contributed by atoms with E-state index in [0.717, 1.165) is 6.07 Å². The van der Waals surface area contributed by atoms with Crippen molar-refractivity contribution in [1.82, 2.24) is 4.98 Å². The molecule has 2 aromatic carbocycles. The zero-order valence-corrected chi connectivity index (χ0v) is 17.9. The molecule has 1 N–H and O–H groups in total. The molecule has 10 nitrogen and oxygen atoms in total. The lowest BCUT2D eigenvalue weighted by Crippen LogP contribution is -2.30. The maximum absolute atomic E-state index is 12.7. The molecule has 0 radical (unpaired) electrons. The van der Waals surface area contributed by atoms with E-state index < -0.39 is 22.9 Å². The van der Waals surface area contributed by atoms with Crippen molar-refractivity contribution in [1.29, 1.82) is 0 Å². The van der Waals surface area contributed by atoms with Crippen molar-refractivity contribution in [3.8, 4) is 11.5 Å². The van der Waals surface area contributed by atoms with Crippen LogP contribution in [0.25, 0.3) is 10.9 Å². The van der Waals surface area contributed by atoms with Crippen LogP contribution in [0.1, 0.15) is 23.0 Å². The average Bonchev–Trinajstić information content (AvgIpc) is 2.77. The monoisotopic (exact) mass is 439 g/mol. The summed E-state index contributed by atoms with van der Waals surface area (Å²) in [5.41, 5.74) is 1.20. The first-order valence-electron chi connectivity index (χ1n) is 9.53. The largest absolute Gasteiger partial charge is 0.497 e. The van der Waals surface area contributed by atoms with Gasteiger partial charge in [0.05, 0.1) is 41.6 Å². The van der Waals surface area contributed by atoms with Crippen molar-refractivity contribution in [3.05, 3.63) is 63.8 Å². The zero-order chi connectivity index (χ0) is 23.4. The first-order chi connectivity index (χ1) is 15.2. The lowest BCUT2D eigenvalue weighted by Gasteiger charge is -2.16. The van der Waals surface area contributed by atoms with Crippen molar-refractivity contribution in [2.24, 2.45) is 0 Å². The molecule has 0 bridgehead atoms. The maximum Gasteiger partial charge on any atom is 0.340 e. The third-order valence-electron chi connectivity index (χ3n) is 4.74. The molecule has 166 valence electrons. The maximum atomic E-state index is 12.7. The van der Waals surface area contributed by atoms with Gasteiger partial charge in [-0.1, -0.05) is 0 Å². The minimum atomic E-state index is -1.19. The van der Waals surface area contributed by atoms with E-state index in [1.54, 1.807) is 31.2 Å². The van der Waals surface area contributed by atoms with Gasteiger partial charge in [0.1, 0.15) is 11.5 Å². The number of nitrogens with zero attached hydrogens (tertiary/aromatic N) is 2. The Hall–Kier alpha value is -4.21. The molecule has 10 heteroatoms. The van der Waals surface area contributed by atoms with Crippen molar-refractivity contribution in [2.75, 3.05) is 19.5 Å². The Morgan fingerprint density at radius 3 is 2.50 bits per heavy atom. The van der Waals surface area contributed by atoms with E-state index in [2.05, 4.69) is 10.3 Å². The molecule has 1 amide bonds. The molecule has 1 heterocycles. The second-order valence-electron chi connectivity index (χ2n) is 6.86. The van der Waals surface area contributed by atoms with Gasteiger partial charge in [0, 0.05) is 17.5 Å². The van der Waals surface area contributed by atoms with Crippen LogP contribution >= 0.6 is 0 Å². The van der Waals surface area contributed by atoms with E-state index in [0.29, 0.717) is 22.3 Å². The lowest BCUT2D eigenvalue weighted by atomic mass is 10.1. The van der Waals surface area contributed by atoms with Crippen LogP contribution in [0.3, 0.4) is 0 Å². The van der Waals surface area contributed by atoms with Gasteiger partial charge in [-0.3, -0.25) is 19.9 Å². The summed E-state index contributed by atoms with van der Waals surface area (Å²) in [5, 5.41) is 14.2. The molecule has 0 saturated carbocycles. The van der Waals surface area contributed by atoms with Crippen LogP contribution in [-0.2, 0) is 9.53 Å². The molecule has 0 aliphatic heterocycles. The second-order valence-corrected chi connectivity index (χ2v) is 6.86. The molecule has 0 spiro atoms. The summed E-state index contributed by atoms with van der Waals surface area (Å²) in [4.78, 5) is 40.1. The number of nitro benzene ring substituents is 1. The van der Waals surface area contributed by atoms with E-state index in [9.17, 15) is 19.7 Å². The van der Waals surface area contributed by atoms with Gasteiger partial charge in [-0.2, -0.15) is 0 Å². The number of rotatable bonds is 7. The number of methoxy groups -OCH3 is 2. The van der Waals surface area contributed by atoms with Gasteiger partial charge in [-0.15, -0.1) is 0 Å². The Labute approximate surface area is 183 Å². The van der Waals surface area contributed by atoms with Crippen LogP contribution in [0.2, 0.25) is 0 Å². The van der Waals surface area contributed by atoms with Crippen LogP contribution in [0.4, 0.5) is 11.4 Å². The summed E-state index contributed by atoms with van der Waals surface area (Å²) in [6, 6.07) is 10.7. The summed E-state index contributed by atoms with van der Waals surface area (Å²) >= 11 is 0. The number of benzene rings is 2. The predicted molar refractivity (Wildman–Crippen MR) is 116 cm³/mol. The smallest absolute Gasteiger partial charge is 0.340 e. The van der Waals surface area contributed by atoms with Crippen molar-refractivity contribution in [2.45, 2.75) is 20.0 Å². The number of amides is 1. The number of ether oxygens (including phenoxy) is 3. The number of nitro groups is 1. The van der Waals surface area contributed by atoms with E-state index in [-0.39, 0.29) is 22.7 Å². The number of pyridine rings is 1. The highest BCUT2D eigenvalue weighted by molar-refractivity contribution is 6.00. The fourth-order valence-corrected chi connectivity index (χ4v) is 3.00. The van der Waals surface area contributed by atoms with Gasteiger partial charge in [0.15, 0.2) is 6.10 Å². The predicted octanol–water partition coefficient (Wildman–Crippen LogP) is 3.65. The Bertz CT molecular complexity index is 1210. The van der Waals surface area contributed by atoms with Crippen LogP contribution in [0.5, 0.6) is 11.5 Å². The molecule has 3 rings (SSSR count). The summed E-state index contributed by atoms with van der Waals surface area (Å²) in [6.07, 6.45) is -1.19. The molecule has 3 aromatic rings. The molecular formula is C22H21N3O7. The van der Waals surface area contributed by atoms with Gasteiger partial charge < -0.3 is 19.5 Å². The number of carbonyl (C=O) groups is 2. The highest BCUT2D eigenvalue weighted by Crippen LogP contribution is 2.29. The van der Waals surface area contributed by atoms with E-state index >= 15 is 0 Å². The average molecular weight is 439 g/mol. The number of fused-ring (bicyclic) bond motifs is 1. The van der Waals surface area contributed by atoms with Crippen molar-refractivity contribution in [3.63, 3.8) is 0 Å². The molecule has 1 aromatic heterocycles. The normalized spacial score (nSPS) is 11.5. The number of nitrogens with one attached hydrogen (secondary N) is 1. The quantitative estimate of drug-likeness (QED) is 0.335. The third kappa shape index (κ3) is 4.75. The lowest BCUT2D eigenvalue weighted by molar-refractivity contribution is -0.384. The fraction of sp³-hybridized carbons (Fsp3) is 0.227. The van der Waals surface area contributed by atoms with Crippen LogP contribution in [-0.4, -0.2) is 42.1 Å². The van der Waals surface area contributed by atoms with Crippen LogP contribution < -0.4 is 14.8 Å². The molecule has 0 aliphatic rings. The molecular weight excluding hydrogens is 418 g/mol. The van der Waals surface area contributed by atoms with E-state index in [1.165, 1.54) is 33.3 Å². The fourth-order valence-electron chi connectivity index (χ4n) is 3.00. The summed E-state index contributed by atoms with van der Waals surface area (Å²) < 4.78 is 15.6. The van der Waals surface area contributed by atoms with Gasteiger partial charge in [0.2, 0.25) is 0 Å². The third-order valence-corrected chi connectivity index (χ3v) is 4.74. The molecule has 0 aliphatic carbocycles. The number of aryl methyl sites for hydroxylation is 1. The number of hydrogen-bond donors (Lipinski definition) is 1. The number of esters is 1. The number of carbonyl (C=O) groups excluding carboxylic acids is 2. The number of aromatic nitrogens is 1. The number of non-ortho nitro benzene ring substituents is 1. The molecule has 32 heavy (non-hydrogen) atoms. The van der Waals surface area contributed by atoms with Crippen LogP contribution in [0, 0.1) is 17.0 Å². The summed E-state index contributed by atoms with van der Waals surface area (Å²) in [7, 11) is 2.90. The van der Waals surface area contributed by atoms with Gasteiger partial charge in [0.25, 0.3) is 11.6 Å². The van der Waals surface area contributed by atoms with Gasteiger partial charge >= 0.3 is 5.97 Å². The van der Waals surface area contributed by atoms with Crippen molar-refractivity contribution < 1.29 is 28.7 Å². The first kappa shape index (κ1) is 22.5. The number of hydrogen-bond acceptors (Lipinski definition) is 8. The Morgan fingerprint density at radius 2 is 1.84 bits per heavy atom.